The lowest BCUT2D eigenvalue weighted by Gasteiger charge is -2.12. The molecule has 2 heterocycles. The molecule has 0 spiro atoms. The highest BCUT2D eigenvalue weighted by atomic mass is 19.1. The van der Waals surface area contributed by atoms with Gasteiger partial charge in [-0.3, -0.25) is 4.79 Å². The van der Waals surface area contributed by atoms with Gasteiger partial charge in [0.05, 0.1) is 0 Å². The summed E-state index contributed by atoms with van der Waals surface area (Å²) in [5.41, 5.74) is 4.01. The fourth-order valence-corrected chi connectivity index (χ4v) is 3.67. The number of benzene rings is 2. The molecule has 31 heavy (non-hydrogen) atoms. The van der Waals surface area contributed by atoms with Gasteiger partial charge in [-0.2, -0.15) is 0 Å². The van der Waals surface area contributed by atoms with Gasteiger partial charge >= 0.3 is 5.63 Å². The number of fused-ring (bicyclic) bond motifs is 2. The Hall–Kier alpha value is -3.61. The number of nitrogens with one attached hydrogen (secondary N) is 2. The summed E-state index contributed by atoms with van der Waals surface area (Å²) in [5.74, 6) is -0.0778. The zero-order chi connectivity index (χ0) is 22.1. The number of amides is 1. The minimum Gasteiger partial charge on any atom is -0.483 e. The number of hydrogen-bond acceptors (Lipinski definition) is 4. The van der Waals surface area contributed by atoms with Gasteiger partial charge in [0.15, 0.2) is 6.61 Å². The zero-order valence-electron chi connectivity index (χ0n) is 17.6. The van der Waals surface area contributed by atoms with Crippen LogP contribution in [-0.4, -0.2) is 24.0 Å². The van der Waals surface area contributed by atoms with E-state index in [1.54, 1.807) is 26.0 Å². The van der Waals surface area contributed by atoms with Crippen LogP contribution in [0.15, 0.2) is 45.7 Å². The number of H-pyrrole nitrogens is 1. The first-order valence-corrected chi connectivity index (χ1v) is 10.0. The Morgan fingerprint density at radius 1 is 1.10 bits per heavy atom. The number of rotatable bonds is 6. The van der Waals surface area contributed by atoms with Crippen molar-refractivity contribution in [1.82, 2.24) is 10.3 Å². The normalized spacial score (nSPS) is 11.2. The van der Waals surface area contributed by atoms with E-state index in [1.165, 1.54) is 12.1 Å². The molecule has 0 bridgehead atoms. The quantitative estimate of drug-likeness (QED) is 0.459. The van der Waals surface area contributed by atoms with Gasteiger partial charge in [0, 0.05) is 40.2 Å². The molecule has 4 rings (SSSR count). The number of aryl methyl sites for hydroxylation is 2. The Kier molecular flexibility index (Phi) is 5.50. The summed E-state index contributed by atoms with van der Waals surface area (Å²) >= 11 is 0. The van der Waals surface area contributed by atoms with Crippen molar-refractivity contribution in [3.63, 3.8) is 0 Å². The Morgan fingerprint density at radius 3 is 2.71 bits per heavy atom. The number of aromatic amines is 1. The molecule has 0 aliphatic carbocycles. The minimum atomic E-state index is -0.375. The number of carbonyl (C=O) groups excluding carboxylic acids is 1. The van der Waals surface area contributed by atoms with E-state index in [-0.39, 0.29) is 24.0 Å². The predicted molar refractivity (Wildman–Crippen MR) is 117 cm³/mol. The second-order valence-corrected chi connectivity index (χ2v) is 7.60. The second-order valence-electron chi connectivity index (χ2n) is 7.60. The molecule has 0 radical (unpaired) electrons. The molecule has 0 atom stereocenters. The molecule has 4 aromatic rings. The van der Waals surface area contributed by atoms with Gasteiger partial charge < -0.3 is 19.5 Å². The van der Waals surface area contributed by atoms with Crippen molar-refractivity contribution < 1.29 is 18.3 Å². The third-order valence-electron chi connectivity index (χ3n) is 5.63. The van der Waals surface area contributed by atoms with E-state index in [0.29, 0.717) is 35.4 Å². The zero-order valence-corrected chi connectivity index (χ0v) is 17.6. The largest absolute Gasteiger partial charge is 0.483 e. The fraction of sp³-hybridized carbons (Fsp3) is 0.250. The lowest BCUT2D eigenvalue weighted by molar-refractivity contribution is -0.123. The molecule has 2 aromatic carbocycles. The van der Waals surface area contributed by atoms with Gasteiger partial charge in [-0.15, -0.1) is 0 Å². The van der Waals surface area contributed by atoms with E-state index in [0.717, 1.165) is 27.4 Å². The van der Waals surface area contributed by atoms with Gasteiger partial charge in [0.1, 0.15) is 17.1 Å². The molecule has 0 saturated carbocycles. The first kappa shape index (κ1) is 20.7. The van der Waals surface area contributed by atoms with Gasteiger partial charge in [0.25, 0.3) is 5.91 Å². The minimum absolute atomic E-state index is 0.163. The smallest absolute Gasteiger partial charge is 0.339 e. The topological polar surface area (TPSA) is 84.3 Å². The van der Waals surface area contributed by atoms with Crippen molar-refractivity contribution in [3.05, 3.63) is 75.0 Å². The van der Waals surface area contributed by atoms with Crippen LogP contribution in [-0.2, 0) is 11.2 Å². The van der Waals surface area contributed by atoms with Gasteiger partial charge in [-0.25, -0.2) is 9.18 Å². The van der Waals surface area contributed by atoms with Crippen LogP contribution in [0.3, 0.4) is 0 Å². The molecule has 0 unspecified atom stereocenters. The van der Waals surface area contributed by atoms with E-state index in [9.17, 15) is 14.0 Å². The summed E-state index contributed by atoms with van der Waals surface area (Å²) in [5, 5.41) is 4.47. The van der Waals surface area contributed by atoms with Crippen LogP contribution in [0.25, 0.3) is 21.9 Å². The Morgan fingerprint density at radius 2 is 1.90 bits per heavy atom. The summed E-state index contributed by atoms with van der Waals surface area (Å²) < 4.78 is 24.6. The van der Waals surface area contributed by atoms with Crippen molar-refractivity contribution in [3.8, 4) is 5.75 Å². The molecule has 7 heteroatoms. The fourth-order valence-electron chi connectivity index (χ4n) is 3.67. The molecule has 0 aliphatic heterocycles. The lowest BCUT2D eigenvalue weighted by Crippen LogP contribution is -2.30. The number of carbonyl (C=O) groups is 1. The SMILES string of the molecule is Cc1c(C)c2ccc(OCC(=O)NCCc3c[nH]c4ccc(F)cc34)c(C)c2oc1=O. The third-order valence-corrected chi connectivity index (χ3v) is 5.63. The standard InChI is InChI=1S/C24H23FN2O4/c1-13-14(2)24(29)31-23-15(3)21(7-5-18(13)23)30-12-22(28)26-9-8-16-11-27-20-6-4-17(25)10-19(16)20/h4-7,10-11,27H,8-9,12H2,1-3H3,(H,26,28). The average Bonchev–Trinajstić information content (AvgIpc) is 3.14. The van der Waals surface area contributed by atoms with Crippen molar-refractivity contribution >= 4 is 27.8 Å². The summed E-state index contributed by atoms with van der Waals surface area (Å²) in [6.07, 6.45) is 2.39. The number of hydrogen-bond donors (Lipinski definition) is 2. The molecule has 6 nitrogen and oxygen atoms in total. The van der Waals surface area contributed by atoms with Gasteiger partial charge in [0.2, 0.25) is 0 Å². The molecular weight excluding hydrogens is 399 g/mol. The highest BCUT2D eigenvalue weighted by molar-refractivity contribution is 5.86. The molecule has 2 N–H and O–H groups in total. The first-order valence-electron chi connectivity index (χ1n) is 10.0. The third kappa shape index (κ3) is 4.03. The predicted octanol–water partition coefficient (Wildman–Crippen LogP) is 4.08. The Labute approximate surface area is 178 Å². The Balaban J connectivity index is 1.38. The van der Waals surface area contributed by atoms with Gasteiger partial charge in [-0.05, 0) is 68.7 Å². The van der Waals surface area contributed by atoms with Crippen LogP contribution >= 0.6 is 0 Å². The van der Waals surface area contributed by atoms with Crippen LogP contribution in [0.1, 0.15) is 22.3 Å². The molecule has 1 amide bonds. The van der Waals surface area contributed by atoms with E-state index in [4.69, 9.17) is 9.15 Å². The average molecular weight is 422 g/mol. The van der Waals surface area contributed by atoms with Crippen LogP contribution in [0.2, 0.25) is 0 Å². The van der Waals surface area contributed by atoms with Crippen LogP contribution in [0.4, 0.5) is 4.39 Å². The van der Waals surface area contributed by atoms with Crippen molar-refractivity contribution in [1.29, 1.82) is 0 Å². The summed E-state index contributed by atoms with van der Waals surface area (Å²) in [6.45, 7) is 5.64. The molecule has 2 aromatic heterocycles. The van der Waals surface area contributed by atoms with E-state index in [1.807, 2.05) is 19.2 Å². The molecule has 0 fully saturated rings. The molecule has 160 valence electrons. The number of aromatic nitrogens is 1. The monoisotopic (exact) mass is 422 g/mol. The summed E-state index contributed by atoms with van der Waals surface area (Å²) in [6, 6.07) is 8.19. The highest BCUT2D eigenvalue weighted by Gasteiger charge is 2.14. The molecular formula is C24H23FN2O4. The van der Waals surface area contributed by atoms with E-state index in [2.05, 4.69) is 10.3 Å². The molecule has 0 saturated heterocycles. The number of ether oxygens (including phenoxy) is 1. The highest BCUT2D eigenvalue weighted by Crippen LogP contribution is 2.29. The maximum absolute atomic E-state index is 13.5. The van der Waals surface area contributed by atoms with E-state index < -0.39 is 0 Å². The van der Waals surface area contributed by atoms with Gasteiger partial charge in [-0.1, -0.05) is 0 Å². The van der Waals surface area contributed by atoms with Crippen molar-refractivity contribution in [2.24, 2.45) is 0 Å². The van der Waals surface area contributed by atoms with E-state index >= 15 is 0 Å². The van der Waals surface area contributed by atoms with Crippen molar-refractivity contribution in [2.75, 3.05) is 13.2 Å². The first-order chi connectivity index (χ1) is 14.8. The summed E-state index contributed by atoms with van der Waals surface area (Å²) in [7, 11) is 0. The lowest BCUT2D eigenvalue weighted by atomic mass is 10.0. The maximum Gasteiger partial charge on any atom is 0.339 e. The molecule has 0 aliphatic rings. The van der Waals surface area contributed by atoms with Crippen LogP contribution in [0.5, 0.6) is 5.75 Å². The summed E-state index contributed by atoms with van der Waals surface area (Å²) in [4.78, 5) is 27.3. The second kappa shape index (κ2) is 8.26. The number of halogens is 1. The van der Waals surface area contributed by atoms with Crippen LogP contribution < -0.4 is 15.7 Å². The Bertz CT molecular complexity index is 1350. The van der Waals surface area contributed by atoms with Crippen molar-refractivity contribution in [2.45, 2.75) is 27.2 Å². The van der Waals surface area contributed by atoms with Crippen LogP contribution in [0, 0.1) is 26.6 Å². The maximum atomic E-state index is 13.5.